The number of benzene rings is 2. The maximum absolute atomic E-state index is 12.2. The molecule has 4 rings (SSSR count). The lowest BCUT2D eigenvalue weighted by Crippen LogP contribution is -2.16. The summed E-state index contributed by atoms with van der Waals surface area (Å²) in [7, 11) is 0. The molecule has 1 amide bonds. The van der Waals surface area contributed by atoms with Crippen LogP contribution in [0.4, 0.5) is 0 Å². The van der Waals surface area contributed by atoms with Crippen molar-refractivity contribution in [2.24, 2.45) is 5.10 Å². The standard InChI is InChI=1S/C18H11BrN2O2S/c19-17-8-6-12(24-17)10-20-21-18(22)16-9-14-13-4-2-1-3-11(13)5-7-15(14)23-16/h1-10H,(H,21,22)/b20-10+. The number of nitrogens with one attached hydrogen (secondary N) is 1. The summed E-state index contributed by atoms with van der Waals surface area (Å²) >= 11 is 4.92. The lowest BCUT2D eigenvalue weighted by Gasteiger charge is -1.96. The molecule has 0 radical (unpaired) electrons. The van der Waals surface area contributed by atoms with E-state index in [4.69, 9.17) is 4.42 Å². The molecule has 24 heavy (non-hydrogen) atoms. The molecular weight excluding hydrogens is 388 g/mol. The highest BCUT2D eigenvalue weighted by atomic mass is 79.9. The molecule has 0 aliphatic rings. The molecule has 2 aromatic carbocycles. The van der Waals surface area contributed by atoms with E-state index in [1.54, 1.807) is 12.3 Å². The van der Waals surface area contributed by atoms with E-state index >= 15 is 0 Å². The van der Waals surface area contributed by atoms with Gasteiger partial charge in [0.2, 0.25) is 0 Å². The van der Waals surface area contributed by atoms with Crippen LogP contribution in [0.2, 0.25) is 0 Å². The molecular formula is C18H11BrN2O2S. The summed E-state index contributed by atoms with van der Waals surface area (Å²) in [6.07, 6.45) is 1.60. The van der Waals surface area contributed by atoms with Crippen LogP contribution in [0.25, 0.3) is 21.7 Å². The van der Waals surface area contributed by atoms with Crippen molar-refractivity contribution in [3.05, 3.63) is 69.0 Å². The number of fused-ring (bicyclic) bond motifs is 3. The number of thiophene rings is 1. The fourth-order valence-electron chi connectivity index (χ4n) is 2.51. The highest BCUT2D eigenvalue weighted by molar-refractivity contribution is 9.11. The molecule has 0 spiro atoms. The van der Waals surface area contributed by atoms with E-state index in [9.17, 15) is 4.79 Å². The third-order valence-electron chi connectivity index (χ3n) is 3.60. The minimum atomic E-state index is -0.373. The molecule has 0 aliphatic heterocycles. The van der Waals surface area contributed by atoms with Crippen LogP contribution in [-0.4, -0.2) is 12.1 Å². The van der Waals surface area contributed by atoms with Gasteiger partial charge in [0.25, 0.3) is 0 Å². The quantitative estimate of drug-likeness (QED) is 0.382. The number of carbonyl (C=O) groups is 1. The second-order valence-corrected chi connectivity index (χ2v) is 7.64. The maximum atomic E-state index is 12.2. The van der Waals surface area contributed by atoms with Gasteiger partial charge in [-0.15, -0.1) is 11.3 Å². The smallest absolute Gasteiger partial charge is 0.307 e. The van der Waals surface area contributed by atoms with Crippen LogP contribution in [0.15, 0.2) is 67.9 Å². The van der Waals surface area contributed by atoms with Crippen molar-refractivity contribution in [1.82, 2.24) is 5.43 Å². The van der Waals surface area contributed by atoms with Crippen LogP contribution >= 0.6 is 27.3 Å². The zero-order valence-corrected chi connectivity index (χ0v) is 14.7. The number of hydrogen-bond donors (Lipinski definition) is 1. The number of hydrazone groups is 1. The topological polar surface area (TPSA) is 54.6 Å². The van der Waals surface area contributed by atoms with Gasteiger partial charge in [0.05, 0.1) is 10.0 Å². The van der Waals surface area contributed by atoms with Gasteiger partial charge >= 0.3 is 5.91 Å². The number of carbonyl (C=O) groups excluding carboxylic acids is 1. The van der Waals surface area contributed by atoms with E-state index < -0.39 is 0 Å². The van der Waals surface area contributed by atoms with Crippen molar-refractivity contribution in [3.63, 3.8) is 0 Å². The number of rotatable bonds is 3. The fourth-order valence-corrected chi connectivity index (χ4v) is 3.81. The predicted octanol–water partition coefficient (Wildman–Crippen LogP) is 5.17. The Kier molecular flexibility index (Phi) is 3.92. The van der Waals surface area contributed by atoms with Crippen molar-refractivity contribution in [2.75, 3.05) is 0 Å². The van der Waals surface area contributed by atoms with Gasteiger partial charge in [0, 0.05) is 10.3 Å². The van der Waals surface area contributed by atoms with E-state index in [-0.39, 0.29) is 11.7 Å². The first-order chi connectivity index (χ1) is 11.7. The first kappa shape index (κ1) is 15.1. The molecule has 2 aromatic heterocycles. The molecule has 6 heteroatoms. The number of halogens is 1. The van der Waals surface area contributed by atoms with Crippen LogP contribution in [0.1, 0.15) is 15.4 Å². The second-order valence-electron chi connectivity index (χ2n) is 5.15. The van der Waals surface area contributed by atoms with Gasteiger partial charge in [-0.25, -0.2) is 5.43 Å². The van der Waals surface area contributed by atoms with Crippen LogP contribution in [0.5, 0.6) is 0 Å². The molecule has 0 unspecified atom stereocenters. The minimum Gasteiger partial charge on any atom is -0.451 e. The van der Waals surface area contributed by atoms with Crippen LogP contribution in [-0.2, 0) is 0 Å². The van der Waals surface area contributed by atoms with E-state index in [2.05, 4.69) is 26.5 Å². The summed E-state index contributed by atoms with van der Waals surface area (Å²) in [4.78, 5) is 13.2. The lowest BCUT2D eigenvalue weighted by molar-refractivity contribution is 0.0929. The lowest BCUT2D eigenvalue weighted by atomic mass is 10.1. The normalized spacial score (nSPS) is 11.5. The molecule has 0 fully saturated rings. The Morgan fingerprint density at radius 3 is 2.83 bits per heavy atom. The summed E-state index contributed by atoms with van der Waals surface area (Å²) in [6.45, 7) is 0. The van der Waals surface area contributed by atoms with E-state index in [0.29, 0.717) is 5.58 Å². The van der Waals surface area contributed by atoms with Gasteiger partial charge in [0.15, 0.2) is 5.76 Å². The first-order valence-electron chi connectivity index (χ1n) is 7.21. The summed E-state index contributed by atoms with van der Waals surface area (Å²) in [5, 5.41) is 7.06. The van der Waals surface area contributed by atoms with Gasteiger partial charge in [-0.1, -0.05) is 30.3 Å². The predicted molar refractivity (Wildman–Crippen MR) is 101 cm³/mol. The Balaban J connectivity index is 1.60. The largest absolute Gasteiger partial charge is 0.451 e. The number of hydrogen-bond acceptors (Lipinski definition) is 4. The highest BCUT2D eigenvalue weighted by Crippen LogP contribution is 2.28. The van der Waals surface area contributed by atoms with Crippen LogP contribution in [0, 0.1) is 0 Å². The molecule has 0 bridgehead atoms. The molecule has 0 atom stereocenters. The zero-order valence-electron chi connectivity index (χ0n) is 12.3. The van der Waals surface area contributed by atoms with Crippen molar-refractivity contribution in [3.8, 4) is 0 Å². The molecule has 118 valence electrons. The molecule has 4 aromatic rings. The third-order valence-corrected chi connectivity index (χ3v) is 5.16. The first-order valence-corrected chi connectivity index (χ1v) is 8.82. The molecule has 0 saturated carbocycles. The Morgan fingerprint density at radius 1 is 1.12 bits per heavy atom. The van der Waals surface area contributed by atoms with E-state index in [1.807, 2.05) is 48.5 Å². The fraction of sp³-hybridized carbons (Fsp3) is 0. The van der Waals surface area contributed by atoms with Gasteiger partial charge in [0.1, 0.15) is 5.58 Å². The van der Waals surface area contributed by atoms with Gasteiger partial charge in [-0.05, 0) is 51.0 Å². The Labute approximate surface area is 149 Å². The highest BCUT2D eigenvalue weighted by Gasteiger charge is 2.13. The van der Waals surface area contributed by atoms with Gasteiger partial charge in [-0.2, -0.15) is 5.10 Å². The van der Waals surface area contributed by atoms with Gasteiger partial charge in [-0.3, -0.25) is 4.79 Å². The summed E-state index contributed by atoms with van der Waals surface area (Å²) in [6, 6.07) is 17.5. The molecule has 0 aliphatic carbocycles. The van der Waals surface area contributed by atoms with Crippen molar-refractivity contribution in [1.29, 1.82) is 0 Å². The Morgan fingerprint density at radius 2 is 2.00 bits per heavy atom. The average Bonchev–Trinajstić information content (AvgIpc) is 3.21. The van der Waals surface area contributed by atoms with Crippen molar-refractivity contribution in [2.45, 2.75) is 0 Å². The van der Waals surface area contributed by atoms with Crippen molar-refractivity contribution < 1.29 is 9.21 Å². The molecule has 2 heterocycles. The average molecular weight is 399 g/mol. The molecule has 0 saturated heterocycles. The van der Waals surface area contributed by atoms with Crippen LogP contribution in [0.3, 0.4) is 0 Å². The minimum absolute atomic E-state index is 0.242. The molecule has 4 nitrogen and oxygen atoms in total. The second kappa shape index (κ2) is 6.22. The Bertz CT molecular complexity index is 1080. The van der Waals surface area contributed by atoms with Gasteiger partial charge < -0.3 is 4.42 Å². The summed E-state index contributed by atoms with van der Waals surface area (Å²) in [5.41, 5.74) is 3.18. The zero-order chi connectivity index (χ0) is 16.5. The van der Waals surface area contributed by atoms with Crippen molar-refractivity contribution >= 4 is 61.1 Å². The number of nitrogens with zero attached hydrogens (tertiary/aromatic N) is 1. The number of amides is 1. The maximum Gasteiger partial charge on any atom is 0.307 e. The monoisotopic (exact) mass is 398 g/mol. The van der Waals surface area contributed by atoms with E-state index in [1.165, 1.54) is 11.3 Å². The summed E-state index contributed by atoms with van der Waals surface area (Å²) in [5.74, 6) is -0.131. The SMILES string of the molecule is O=C(N/N=C/c1ccc(Br)s1)c1cc2c(ccc3ccccc32)o1. The number of furan rings is 1. The van der Waals surface area contributed by atoms with E-state index in [0.717, 1.165) is 24.8 Å². The summed E-state index contributed by atoms with van der Waals surface area (Å²) < 4.78 is 6.67. The Hall–Kier alpha value is -2.44. The third kappa shape index (κ3) is 2.86. The van der Waals surface area contributed by atoms with Crippen LogP contribution < -0.4 is 5.43 Å². The molecule has 1 N–H and O–H groups in total.